The molecule has 3 N–H and O–H groups in total. The summed E-state index contributed by atoms with van der Waals surface area (Å²) in [6.07, 6.45) is 1.77. The van der Waals surface area contributed by atoms with Crippen LogP contribution in [-0.2, 0) is 17.8 Å². The minimum atomic E-state index is -0.427. The number of nitrogens with one attached hydrogen (secondary N) is 3. The quantitative estimate of drug-likeness (QED) is 0.295. The molecule has 0 bridgehead atoms. The van der Waals surface area contributed by atoms with E-state index in [0.29, 0.717) is 23.4 Å². The Morgan fingerprint density at radius 2 is 1.77 bits per heavy atom. The average molecular weight is 527 g/mol. The number of hydrogen-bond donors (Lipinski definition) is 3. The van der Waals surface area contributed by atoms with Gasteiger partial charge in [0.1, 0.15) is 11.3 Å². The lowest BCUT2D eigenvalue weighted by atomic mass is 10.1. The van der Waals surface area contributed by atoms with Crippen LogP contribution in [-0.4, -0.2) is 72.0 Å². The third-order valence-corrected chi connectivity index (χ3v) is 7.13. The van der Waals surface area contributed by atoms with E-state index in [9.17, 15) is 9.59 Å². The van der Waals surface area contributed by atoms with Crippen LogP contribution in [0, 0.1) is 6.92 Å². The standard InChI is InChI=1S/C30H34N6O3/c1-20-4-9-25(33-29(37)23-7-5-21(6-8-23)19-36-12-10-35(2)11-13-36)16-26(20)31-17-22-14-24-15-27(30(38)39-3)34-28(24)32-18-22/h4-9,14-16,18,31H,10-13,17,19H2,1-3H3,(H,32,34)(H,33,37). The van der Waals surface area contributed by atoms with Gasteiger partial charge < -0.3 is 25.3 Å². The van der Waals surface area contributed by atoms with Gasteiger partial charge in [-0.2, -0.15) is 0 Å². The number of carbonyl (C=O) groups is 2. The maximum atomic E-state index is 12.9. The molecule has 0 saturated carbocycles. The molecule has 39 heavy (non-hydrogen) atoms. The van der Waals surface area contributed by atoms with Crippen molar-refractivity contribution in [3.05, 3.63) is 88.7 Å². The number of aryl methyl sites for hydroxylation is 1. The van der Waals surface area contributed by atoms with Crippen LogP contribution in [0.25, 0.3) is 11.0 Å². The zero-order chi connectivity index (χ0) is 27.4. The fraction of sp³-hybridized carbons (Fsp3) is 0.300. The molecule has 9 nitrogen and oxygen atoms in total. The van der Waals surface area contributed by atoms with Gasteiger partial charge in [-0.25, -0.2) is 9.78 Å². The van der Waals surface area contributed by atoms with E-state index >= 15 is 0 Å². The molecule has 2 aromatic heterocycles. The van der Waals surface area contributed by atoms with Gasteiger partial charge in [0.25, 0.3) is 5.91 Å². The molecule has 0 aliphatic carbocycles. The molecule has 1 aliphatic rings. The van der Waals surface area contributed by atoms with Crippen molar-refractivity contribution in [1.82, 2.24) is 19.8 Å². The van der Waals surface area contributed by atoms with Gasteiger partial charge in [-0.15, -0.1) is 0 Å². The zero-order valence-electron chi connectivity index (χ0n) is 22.6. The number of carbonyl (C=O) groups excluding carboxylic acids is 2. The van der Waals surface area contributed by atoms with Gasteiger partial charge in [0.2, 0.25) is 0 Å². The number of likely N-dealkylation sites (N-methyl/N-ethyl adjacent to an activating group) is 1. The Kier molecular flexibility index (Phi) is 7.90. The predicted molar refractivity (Wildman–Crippen MR) is 153 cm³/mol. The summed E-state index contributed by atoms with van der Waals surface area (Å²) in [5.74, 6) is -0.566. The van der Waals surface area contributed by atoms with Crippen molar-refractivity contribution < 1.29 is 14.3 Å². The number of amides is 1. The normalized spacial score (nSPS) is 14.3. The fourth-order valence-corrected chi connectivity index (χ4v) is 4.69. The summed E-state index contributed by atoms with van der Waals surface area (Å²) in [5, 5.41) is 7.29. The molecule has 3 heterocycles. The molecule has 0 atom stereocenters. The number of ether oxygens (including phenoxy) is 1. The molecule has 1 fully saturated rings. The van der Waals surface area contributed by atoms with Crippen molar-refractivity contribution in [2.24, 2.45) is 0 Å². The zero-order valence-corrected chi connectivity index (χ0v) is 22.6. The molecule has 1 amide bonds. The van der Waals surface area contributed by atoms with Gasteiger partial charge in [-0.05, 0) is 67.1 Å². The number of esters is 1. The lowest BCUT2D eigenvalue weighted by Gasteiger charge is -2.32. The van der Waals surface area contributed by atoms with Crippen molar-refractivity contribution in [2.45, 2.75) is 20.0 Å². The van der Waals surface area contributed by atoms with Crippen molar-refractivity contribution >= 4 is 34.3 Å². The maximum absolute atomic E-state index is 12.9. The summed E-state index contributed by atoms with van der Waals surface area (Å²) in [6.45, 7) is 7.77. The van der Waals surface area contributed by atoms with Crippen molar-refractivity contribution in [3.8, 4) is 0 Å². The lowest BCUT2D eigenvalue weighted by Crippen LogP contribution is -2.43. The minimum Gasteiger partial charge on any atom is -0.464 e. The highest BCUT2D eigenvalue weighted by atomic mass is 16.5. The number of fused-ring (bicyclic) bond motifs is 1. The second-order valence-electron chi connectivity index (χ2n) is 10.1. The topological polar surface area (TPSA) is 103 Å². The van der Waals surface area contributed by atoms with E-state index in [-0.39, 0.29) is 5.91 Å². The van der Waals surface area contributed by atoms with Gasteiger partial charge in [0.15, 0.2) is 0 Å². The smallest absolute Gasteiger partial charge is 0.354 e. The van der Waals surface area contributed by atoms with E-state index in [1.807, 2.05) is 55.5 Å². The summed E-state index contributed by atoms with van der Waals surface area (Å²) in [7, 11) is 3.50. The number of piperazine rings is 1. The first-order valence-corrected chi connectivity index (χ1v) is 13.1. The Labute approximate surface area is 228 Å². The van der Waals surface area contributed by atoms with E-state index in [1.54, 1.807) is 12.3 Å². The monoisotopic (exact) mass is 526 g/mol. The second kappa shape index (κ2) is 11.7. The average Bonchev–Trinajstić information content (AvgIpc) is 3.38. The van der Waals surface area contributed by atoms with Crippen LogP contribution in [0.1, 0.15) is 37.5 Å². The first kappa shape index (κ1) is 26.4. The molecule has 0 radical (unpaired) electrons. The summed E-state index contributed by atoms with van der Waals surface area (Å²) < 4.78 is 4.77. The highest BCUT2D eigenvalue weighted by Crippen LogP contribution is 2.23. The molecule has 4 aromatic rings. The summed E-state index contributed by atoms with van der Waals surface area (Å²) >= 11 is 0. The number of anilines is 2. The Morgan fingerprint density at radius 1 is 1.00 bits per heavy atom. The first-order chi connectivity index (χ1) is 18.9. The van der Waals surface area contributed by atoms with Crippen LogP contribution in [0.5, 0.6) is 0 Å². The molecule has 1 aliphatic heterocycles. The van der Waals surface area contributed by atoms with E-state index in [1.165, 1.54) is 12.7 Å². The number of pyridine rings is 1. The Morgan fingerprint density at radius 3 is 2.51 bits per heavy atom. The molecule has 5 rings (SSSR count). The number of benzene rings is 2. The molecule has 1 saturated heterocycles. The van der Waals surface area contributed by atoms with Crippen LogP contribution in [0.2, 0.25) is 0 Å². The van der Waals surface area contributed by atoms with Gasteiger partial charge in [-0.3, -0.25) is 9.69 Å². The lowest BCUT2D eigenvalue weighted by molar-refractivity contribution is 0.0595. The Balaban J connectivity index is 1.19. The maximum Gasteiger partial charge on any atom is 0.354 e. The molecular formula is C30H34N6O3. The number of H-pyrrole nitrogens is 1. The predicted octanol–water partition coefficient (Wildman–Crippen LogP) is 4.27. The highest BCUT2D eigenvalue weighted by Gasteiger charge is 2.15. The van der Waals surface area contributed by atoms with Gasteiger partial charge >= 0.3 is 5.97 Å². The number of hydrogen-bond acceptors (Lipinski definition) is 7. The van der Waals surface area contributed by atoms with Crippen LogP contribution in [0.15, 0.2) is 60.8 Å². The number of rotatable bonds is 8. The highest BCUT2D eigenvalue weighted by molar-refractivity contribution is 6.04. The fourth-order valence-electron chi connectivity index (χ4n) is 4.69. The SMILES string of the molecule is COC(=O)c1cc2cc(CNc3cc(NC(=O)c4ccc(CN5CCN(C)CC5)cc4)ccc3C)cnc2[nH]1. The van der Waals surface area contributed by atoms with Crippen LogP contribution in [0.4, 0.5) is 11.4 Å². The van der Waals surface area contributed by atoms with Crippen LogP contribution < -0.4 is 10.6 Å². The molecular weight excluding hydrogens is 492 g/mol. The Bertz CT molecular complexity index is 1470. The number of nitrogens with zero attached hydrogens (tertiary/aromatic N) is 3. The first-order valence-electron chi connectivity index (χ1n) is 13.1. The van der Waals surface area contributed by atoms with Crippen molar-refractivity contribution in [2.75, 3.05) is 51.0 Å². The largest absolute Gasteiger partial charge is 0.464 e. The van der Waals surface area contributed by atoms with Gasteiger partial charge in [0.05, 0.1) is 7.11 Å². The number of methoxy groups -OCH3 is 1. The van der Waals surface area contributed by atoms with E-state index in [2.05, 4.69) is 37.4 Å². The summed E-state index contributed by atoms with van der Waals surface area (Å²) in [4.78, 5) is 36.9. The van der Waals surface area contributed by atoms with Gasteiger partial charge in [-0.1, -0.05) is 18.2 Å². The molecule has 0 unspecified atom stereocenters. The van der Waals surface area contributed by atoms with Crippen molar-refractivity contribution in [3.63, 3.8) is 0 Å². The van der Waals surface area contributed by atoms with E-state index < -0.39 is 5.97 Å². The second-order valence-corrected chi connectivity index (χ2v) is 10.1. The summed E-state index contributed by atoms with van der Waals surface area (Å²) in [5.41, 5.74) is 6.50. The molecule has 0 spiro atoms. The molecule has 202 valence electrons. The Hall–Kier alpha value is -4.21. The third kappa shape index (κ3) is 6.45. The van der Waals surface area contributed by atoms with Crippen LogP contribution in [0.3, 0.4) is 0 Å². The number of aromatic amines is 1. The van der Waals surface area contributed by atoms with Crippen molar-refractivity contribution in [1.29, 1.82) is 0 Å². The number of aromatic nitrogens is 2. The van der Waals surface area contributed by atoms with Crippen LogP contribution >= 0.6 is 0 Å². The minimum absolute atomic E-state index is 0.139. The molecule has 9 heteroatoms. The van der Waals surface area contributed by atoms with Gasteiger partial charge in [0, 0.05) is 67.8 Å². The summed E-state index contributed by atoms with van der Waals surface area (Å²) in [6, 6.07) is 17.4. The third-order valence-electron chi connectivity index (χ3n) is 7.13. The molecule has 2 aromatic carbocycles. The van der Waals surface area contributed by atoms with E-state index in [0.717, 1.165) is 60.6 Å². The van der Waals surface area contributed by atoms with E-state index in [4.69, 9.17) is 4.74 Å².